The van der Waals surface area contributed by atoms with Crippen LogP contribution in [-0.4, -0.2) is 18.2 Å². The third kappa shape index (κ3) is 4.32. The number of hydrogen-bond donors (Lipinski definition) is 1. The van der Waals surface area contributed by atoms with E-state index in [1.54, 1.807) is 60.7 Å². The molecule has 0 bridgehead atoms. The zero-order valence-electron chi connectivity index (χ0n) is 13.6. The Hall–Kier alpha value is -2.88. The second-order valence-electron chi connectivity index (χ2n) is 5.37. The fraction of sp³-hybridized carbons (Fsp3) is 0.200. The molecule has 124 valence electrons. The van der Waals surface area contributed by atoms with Crippen molar-refractivity contribution in [1.29, 1.82) is 0 Å². The Labute approximate surface area is 141 Å². The quantitative estimate of drug-likeness (QED) is 0.213. The summed E-state index contributed by atoms with van der Waals surface area (Å²) < 4.78 is 0. The number of carbonyl (C=O) groups excluding carboxylic acids is 2. The normalized spacial score (nSPS) is 11.5. The molecule has 0 aliphatic heterocycles. The topological polar surface area (TPSA) is 69.2 Å². The van der Waals surface area contributed by atoms with E-state index < -0.39 is 17.4 Å². The van der Waals surface area contributed by atoms with Gasteiger partial charge in [0.25, 0.3) is 5.91 Å². The lowest BCUT2D eigenvalue weighted by Crippen LogP contribution is -2.32. The standard InChI is InChI=1S/C20H21NO3/c1-2-3-14-21-20(24)17(18(22)15-10-6-4-7-11-15)19(23)16-12-8-5-9-13-16/h4-13,22H,2-3,14H2,1H3,(H,21,24)/p-1/b18-17-. The van der Waals surface area contributed by atoms with Crippen molar-refractivity contribution < 1.29 is 14.7 Å². The summed E-state index contributed by atoms with van der Waals surface area (Å²) in [5.41, 5.74) is 0.299. The van der Waals surface area contributed by atoms with Gasteiger partial charge in [0, 0.05) is 12.1 Å². The van der Waals surface area contributed by atoms with Crippen molar-refractivity contribution in [2.75, 3.05) is 6.54 Å². The molecule has 4 heteroatoms. The van der Waals surface area contributed by atoms with Crippen LogP contribution in [-0.2, 0) is 4.79 Å². The molecule has 0 aliphatic carbocycles. The van der Waals surface area contributed by atoms with Crippen LogP contribution in [0.4, 0.5) is 0 Å². The first kappa shape index (κ1) is 17.5. The van der Waals surface area contributed by atoms with E-state index in [2.05, 4.69) is 5.32 Å². The Bertz CT molecular complexity index is 721. The Morgan fingerprint density at radius 1 is 0.917 bits per heavy atom. The lowest BCUT2D eigenvalue weighted by Gasteiger charge is -2.19. The van der Waals surface area contributed by atoms with Gasteiger partial charge in [-0.3, -0.25) is 9.59 Å². The molecule has 0 saturated heterocycles. The zero-order chi connectivity index (χ0) is 17.4. The van der Waals surface area contributed by atoms with Crippen molar-refractivity contribution in [3.05, 3.63) is 77.4 Å². The second-order valence-corrected chi connectivity index (χ2v) is 5.37. The first-order valence-electron chi connectivity index (χ1n) is 7.99. The molecule has 0 aromatic heterocycles. The predicted octanol–water partition coefficient (Wildman–Crippen LogP) is 2.56. The highest BCUT2D eigenvalue weighted by Gasteiger charge is 2.21. The number of Topliss-reactive ketones (excluding diaryl/α,β-unsaturated/α-hetero) is 1. The van der Waals surface area contributed by atoms with Crippen molar-refractivity contribution in [2.45, 2.75) is 19.8 Å². The second kappa shape index (κ2) is 8.67. The third-order valence-corrected chi connectivity index (χ3v) is 3.57. The van der Waals surface area contributed by atoms with Crippen LogP contribution in [0.15, 0.2) is 66.2 Å². The van der Waals surface area contributed by atoms with E-state index in [4.69, 9.17) is 0 Å². The number of unbranched alkanes of at least 4 members (excludes halogenated alkanes) is 1. The third-order valence-electron chi connectivity index (χ3n) is 3.57. The molecule has 4 nitrogen and oxygen atoms in total. The average Bonchev–Trinajstić information content (AvgIpc) is 2.63. The fourth-order valence-electron chi connectivity index (χ4n) is 2.24. The van der Waals surface area contributed by atoms with E-state index in [-0.39, 0.29) is 5.57 Å². The van der Waals surface area contributed by atoms with Crippen LogP contribution in [0.2, 0.25) is 0 Å². The van der Waals surface area contributed by atoms with Crippen LogP contribution < -0.4 is 10.4 Å². The first-order chi connectivity index (χ1) is 11.6. The summed E-state index contributed by atoms with van der Waals surface area (Å²) in [5, 5.41) is 15.4. The molecule has 0 atom stereocenters. The molecule has 0 aliphatic rings. The smallest absolute Gasteiger partial charge is 0.254 e. The number of benzene rings is 2. The Balaban J connectivity index is 2.42. The maximum absolute atomic E-state index is 12.7. The maximum atomic E-state index is 12.7. The monoisotopic (exact) mass is 322 g/mol. The molecule has 0 fully saturated rings. The van der Waals surface area contributed by atoms with Gasteiger partial charge in [0.15, 0.2) is 5.78 Å². The Morgan fingerprint density at radius 3 is 2.00 bits per heavy atom. The molecular formula is C20H20NO3-. The molecule has 0 heterocycles. The van der Waals surface area contributed by atoms with E-state index in [1.807, 2.05) is 6.92 Å². The summed E-state index contributed by atoms with van der Waals surface area (Å²) in [6, 6.07) is 16.7. The largest absolute Gasteiger partial charge is 0.871 e. The van der Waals surface area contributed by atoms with E-state index in [1.165, 1.54) is 0 Å². The molecule has 2 aromatic carbocycles. The highest BCUT2D eigenvalue weighted by Crippen LogP contribution is 2.18. The minimum Gasteiger partial charge on any atom is -0.871 e. The van der Waals surface area contributed by atoms with Crippen molar-refractivity contribution in [3.63, 3.8) is 0 Å². The molecule has 0 saturated carbocycles. The highest BCUT2D eigenvalue weighted by atomic mass is 16.3. The van der Waals surface area contributed by atoms with Crippen molar-refractivity contribution in [3.8, 4) is 0 Å². The zero-order valence-corrected chi connectivity index (χ0v) is 13.6. The minimum atomic E-state index is -0.619. The Morgan fingerprint density at radius 2 is 1.46 bits per heavy atom. The van der Waals surface area contributed by atoms with Crippen LogP contribution in [0.3, 0.4) is 0 Å². The molecular weight excluding hydrogens is 302 g/mol. The summed E-state index contributed by atoms with van der Waals surface area (Å²) in [4.78, 5) is 25.2. The number of ketones is 1. The molecule has 1 N–H and O–H groups in total. The highest BCUT2D eigenvalue weighted by molar-refractivity contribution is 6.29. The van der Waals surface area contributed by atoms with Crippen molar-refractivity contribution in [1.82, 2.24) is 5.32 Å². The molecule has 0 spiro atoms. The Kier molecular flexibility index (Phi) is 6.32. The first-order valence-corrected chi connectivity index (χ1v) is 7.99. The van der Waals surface area contributed by atoms with Gasteiger partial charge in [0.05, 0.1) is 5.57 Å². The van der Waals surface area contributed by atoms with Crippen LogP contribution >= 0.6 is 0 Å². The summed E-state index contributed by atoms with van der Waals surface area (Å²) in [6.45, 7) is 2.43. The van der Waals surface area contributed by atoms with Crippen molar-refractivity contribution in [2.24, 2.45) is 0 Å². The number of nitrogens with one attached hydrogen (secondary N) is 1. The van der Waals surface area contributed by atoms with Gasteiger partial charge >= 0.3 is 0 Å². The number of carbonyl (C=O) groups is 2. The molecule has 0 radical (unpaired) electrons. The molecule has 2 rings (SSSR count). The van der Waals surface area contributed by atoms with E-state index in [0.29, 0.717) is 17.7 Å². The molecule has 24 heavy (non-hydrogen) atoms. The van der Waals surface area contributed by atoms with E-state index >= 15 is 0 Å². The van der Waals surface area contributed by atoms with E-state index in [9.17, 15) is 14.7 Å². The van der Waals surface area contributed by atoms with Gasteiger partial charge in [-0.1, -0.05) is 79.8 Å². The van der Waals surface area contributed by atoms with Crippen LogP contribution in [0.1, 0.15) is 35.7 Å². The summed E-state index contributed by atoms with van der Waals surface area (Å²) in [5.74, 6) is -1.73. The summed E-state index contributed by atoms with van der Waals surface area (Å²) in [6.07, 6.45) is 1.70. The van der Waals surface area contributed by atoms with Gasteiger partial charge in [-0.15, -0.1) is 0 Å². The van der Waals surface area contributed by atoms with E-state index in [0.717, 1.165) is 12.8 Å². The number of amides is 1. The number of hydrogen-bond acceptors (Lipinski definition) is 3. The summed E-state index contributed by atoms with van der Waals surface area (Å²) >= 11 is 0. The lowest BCUT2D eigenvalue weighted by molar-refractivity contribution is -0.244. The molecule has 0 unspecified atom stereocenters. The van der Waals surface area contributed by atoms with Gasteiger partial charge in [0.2, 0.25) is 0 Å². The average molecular weight is 322 g/mol. The maximum Gasteiger partial charge on any atom is 0.254 e. The van der Waals surface area contributed by atoms with Gasteiger partial charge in [-0.25, -0.2) is 0 Å². The minimum absolute atomic E-state index is 0.322. The van der Waals surface area contributed by atoms with Gasteiger partial charge in [-0.05, 0) is 12.0 Å². The predicted molar refractivity (Wildman–Crippen MR) is 92.1 cm³/mol. The fourth-order valence-corrected chi connectivity index (χ4v) is 2.24. The molecule has 2 aromatic rings. The van der Waals surface area contributed by atoms with Crippen LogP contribution in [0, 0.1) is 0 Å². The van der Waals surface area contributed by atoms with Gasteiger partial charge in [0.1, 0.15) is 0 Å². The van der Waals surface area contributed by atoms with Gasteiger partial charge < -0.3 is 10.4 Å². The van der Waals surface area contributed by atoms with Crippen LogP contribution in [0.5, 0.6) is 0 Å². The SMILES string of the molecule is CCCCNC(=O)/C(C(=O)c1ccccc1)=C(\[O-])c1ccccc1. The van der Waals surface area contributed by atoms with Crippen LogP contribution in [0.25, 0.3) is 5.76 Å². The van der Waals surface area contributed by atoms with Crippen molar-refractivity contribution >= 4 is 17.4 Å². The number of rotatable bonds is 7. The van der Waals surface area contributed by atoms with Gasteiger partial charge in [-0.2, -0.15) is 0 Å². The summed E-state index contributed by atoms with van der Waals surface area (Å²) in [7, 11) is 0. The molecule has 1 amide bonds. The lowest BCUT2D eigenvalue weighted by atomic mass is 9.98.